The Labute approximate surface area is 115 Å². The van der Waals surface area contributed by atoms with E-state index in [-0.39, 0.29) is 5.41 Å². The molecule has 0 saturated heterocycles. The molecule has 19 heavy (non-hydrogen) atoms. The minimum Gasteiger partial charge on any atom is -0.248 e. The summed E-state index contributed by atoms with van der Waals surface area (Å²) in [4.78, 5) is 4.69. The topological polar surface area (TPSA) is 12.9 Å². The van der Waals surface area contributed by atoms with E-state index in [4.69, 9.17) is 4.98 Å². The molecule has 0 atom stereocenters. The van der Waals surface area contributed by atoms with E-state index in [0.29, 0.717) is 0 Å². The summed E-state index contributed by atoms with van der Waals surface area (Å²) in [6.45, 7) is 16.8. The number of benzene rings is 1. The average Bonchev–Trinajstić information content (AvgIpc) is 2.35. The van der Waals surface area contributed by atoms with Crippen molar-refractivity contribution in [3.63, 3.8) is 0 Å². The molecule has 1 heterocycles. The molecule has 0 aliphatic carbocycles. The van der Waals surface area contributed by atoms with E-state index >= 15 is 0 Å². The molecule has 0 aliphatic heterocycles. The predicted molar refractivity (Wildman–Crippen MR) is 84.1 cm³/mol. The largest absolute Gasteiger partial charge is 0.248 e. The third-order valence-corrected chi connectivity index (χ3v) is 3.42. The molecule has 0 saturated carbocycles. The highest BCUT2D eigenvalue weighted by Crippen LogP contribution is 2.33. The summed E-state index contributed by atoms with van der Waals surface area (Å²) in [5, 5.41) is 1.16. The van der Waals surface area contributed by atoms with Gasteiger partial charge in [0.15, 0.2) is 0 Å². The molecule has 1 nitrogen and oxygen atoms in total. The first kappa shape index (κ1) is 13.5. The Morgan fingerprint density at radius 2 is 1.74 bits per heavy atom. The molecule has 1 aromatic heterocycles. The van der Waals surface area contributed by atoms with Gasteiger partial charge in [-0.25, -0.2) is 4.98 Å². The van der Waals surface area contributed by atoms with Gasteiger partial charge < -0.3 is 0 Å². The molecular weight excluding hydrogens is 230 g/mol. The van der Waals surface area contributed by atoms with Crippen LogP contribution in [0, 0.1) is 12.3 Å². The number of pyridine rings is 1. The van der Waals surface area contributed by atoms with Crippen LogP contribution in [0.1, 0.15) is 32.0 Å². The Morgan fingerprint density at radius 1 is 1.05 bits per heavy atom. The molecule has 0 N–H and O–H groups in total. The van der Waals surface area contributed by atoms with Gasteiger partial charge >= 0.3 is 0 Å². The van der Waals surface area contributed by atoms with E-state index in [9.17, 15) is 0 Å². The van der Waals surface area contributed by atoms with E-state index in [2.05, 4.69) is 65.1 Å². The summed E-state index contributed by atoms with van der Waals surface area (Å²) in [7, 11) is 0. The second kappa shape index (κ2) is 4.65. The van der Waals surface area contributed by atoms with Crippen LogP contribution in [-0.4, -0.2) is 4.98 Å². The van der Waals surface area contributed by atoms with Gasteiger partial charge in [0, 0.05) is 5.39 Å². The molecular formula is C18H21N. The number of nitrogens with zero attached hydrogens (tertiary/aromatic N) is 1. The first-order chi connectivity index (χ1) is 8.79. The maximum atomic E-state index is 4.69. The van der Waals surface area contributed by atoms with Gasteiger partial charge in [-0.15, -0.1) is 0 Å². The highest BCUT2D eigenvalue weighted by molar-refractivity contribution is 5.84. The average molecular weight is 251 g/mol. The van der Waals surface area contributed by atoms with Gasteiger partial charge in [-0.1, -0.05) is 51.6 Å². The molecule has 0 radical (unpaired) electrons. The van der Waals surface area contributed by atoms with Crippen LogP contribution >= 0.6 is 0 Å². The van der Waals surface area contributed by atoms with Crippen molar-refractivity contribution in [1.82, 2.24) is 4.98 Å². The van der Waals surface area contributed by atoms with Crippen molar-refractivity contribution in [1.29, 1.82) is 0 Å². The first-order valence-corrected chi connectivity index (χ1v) is 6.55. The fraction of sp³-hybridized carbons (Fsp3) is 0.278. The third kappa shape index (κ3) is 2.76. The van der Waals surface area contributed by atoms with E-state index in [1.165, 1.54) is 5.56 Å². The van der Waals surface area contributed by atoms with Crippen molar-refractivity contribution in [2.45, 2.75) is 27.7 Å². The summed E-state index contributed by atoms with van der Waals surface area (Å²) in [5.74, 6) is 0. The van der Waals surface area contributed by atoms with Gasteiger partial charge in [0.05, 0.1) is 11.2 Å². The zero-order valence-electron chi connectivity index (χ0n) is 12.2. The Balaban J connectivity index is 2.44. The Kier molecular flexibility index (Phi) is 3.32. The summed E-state index contributed by atoms with van der Waals surface area (Å²) in [6.07, 6.45) is 0. The normalized spacial score (nSPS) is 11.6. The van der Waals surface area contributed by atoms with Crippen LogP contribution in [0.5, 0.6) is 0 Å². The van der Waals surface area contributed by atoms with Gasteiger partial charge in [0.25, 0.3) is 0 Å². The Morgan fingerprint density at radius 3 is 2.37 bits per heavy atom. The number of aryl methyl sites for hydroxylation is 1. The van der Waals surface area contributed by atoms with Gasteiger partial charge in [0.1, 0.15) is 0 Å². The summed E-state index contributed by atoms with van der Waals surface area (Å²) < 4.78 is 0. The van der Waals surface area contributed by atoms with E-state index in [1.54, 1.807) is 0 Å². The molecule has 2 rings (SSSR count). The molecule has 0 spiro atoms. The van der Waals surface area contributed by atoms with Crippen molar-refractivity contribution in [2.24, 2.45) is 5.41 Å². The summed E-state index contributed by atoms with van der Waals surface area (Å²) >= 11 is 0. The van der Waals surface area contributed by atoms with Gasteiger partial charge in [-0.2, -0.15) is 0 Å². The van der Waals surface area contributed by atoms with Crippen molar-refractivity contribution in [2.75, 3.05) is 0 Å². The lowest BCUT2D eigenvalue weighted by molar-refractivity contribution is 0.522. The van der Waals surface area contributed by atoms with Crippen LogP contribution in [0.3, 0.4) is 0 Å². The highest BCUT2D eigenvalue weighted by Gasteiger charge is 2.19. The molecule has 1 aromatic carbocycles. The van der Waals surface area contributed by atoms with Crippen LogP contribution in [0.2, 0.25) is 0 Å². The monoisotopic (exact) mass is 251 g/mol. The zero-order valence-corrected chi connectivity index (χ0v) is 12.2. The van der Waals surface area contributed by atoms with Crippen LogP contribution in [0.15, 0.2) is 49.1 Å². The second-order valence-corrected chi connectivity index (χ2v) is 6.10. The number of allylic oxidation sites excluding steroid dienone is 2. The molecule has 2 aromatic rings. The number of hydrogen-bond acceptors (Lipinski definition) is 1. The Bertz CT molecular complexity index is 657. The maximum Gasteiger partial charge on any atom is 0.0709 e. The fourth-order valence-corrected chi connectivity index (χ4v) is 2.02. The third-order valence-electron chi connectivity index (χ3n) is 3.42. The van der Waals surface area contributed by atoms with Crippen molar-refractivity contribution < 1.29 is 0 Å². The molecule has 0 fully saturated rings. The van der Waals surface area contributed by atoms with E-state index in [0.717, 1.165) is 27.7 Å². The quantitative estimate of drug-likeness (QED) is 0.672. The first-order valence-electron chi connectivity index (χ1n) is 6.55. The SMILES string of the molecule is C=C(C(=C)C(C)(C)C)c1ccc2cc(C)ccc2n1. The number of hydrogen-bond donors (Lipinski definition) is 0. The minimum atomic E-state index is 0.0149. The van der Waals surface area contributed by atoms with Crippen molar-refractivity contribution in [3.8, 4) is 0 Å². The van der Waals surface area contributed by atoms with Crippen LogP contribution in [-0.2, 0) is 0 Å². The van der Waals surface area contributed by atoms with Crippen LogP contribution < -0.4 is 0 Å². The van der Waals surface area contributed by atoms with Crippen LogP contribution in [0.4, 0.5) is 0 Å². The smallest absolute Gasteiger partial charge is 0.0709 e. The number of fused-ring (bicyclic) bond motifs is 1. The number of rotatable bonds is 2. The van der Waals surface area contributed by atoms with Crippen molar-refractivity contribution >= 4 is 16.5 Å². The molecule has 1 heteroatoms. The summed E-state index contributed by atoms with van der Waals surface area (Å²) in [6, 6.07) is 10.4. The fourth-order valence-electron chi connectivity index (χ4n) is 2.02. The van der Waals surface area contributed by atoms with E-state index < -0.39 is 0 Å². The number of aromatic nitrogens is 1. The maximum absolute atomic E-state index is 4.69. The van der Waals surface area contributed by atoms with Gasteiger partial charge in [-0.3, -0.25) is 0 Å². The van der Waals surface area contributed by atoms with Crippen molar-refractivity contribution in [3.05, 3.63) is 60.3 Å². The lowest BCUT2D eigenvalue weighted by Gasteiger charge is -2.23. The van der Waals surface area contributed by atoms with Crippen LogP contribution in [0.25, 0.3) is 16.5 Å². The molecule has 98 valence electrons. The Hall–Kier alpha value is -1.89. The lowest BCUT2D eigenvalue weighted by Crippen LogP contribution is -2.10. The zero-order chi connectivity index (χ0) is 14.2. The lowest BCUT2D eigenvalue weighted by atomic mass is 9.82. The second-order valence-electron chi connectivity index (χ2n) is 6.10. The molecule has 0 aliphatic rings. The molecule has 0 amide bonds. The van der Waals surface area contributed by atoms with Gasteiger partial charge in [-0.05, 0) is 41.7 Å². The minimum absolute atomic E-state index is 0.0149. The summed E-state index contributed by atoms with van der Waals surface area (Å²) in [5.41, 5.74) is 5.14. The van der Waals surface area contributed by atoms with Gasteiger partial charge in [0.2, 0.25) is 0 Å². The standard InChI is InChI=1S/C18H21N/c1-12-7-9-17-15(11-12)8-10-16(19-17)13(2)14(3)18(4,5)6/h7-11H,2-3H2,1,4-6H3. The van der Waals surface area contributed by atoms with E-state index in [1.807, 2.05) is 6.07 Å². The molecule has 0 bridgehead atoms. The molecule has 0 unspecified atom stereocenters. The predicted octanol–water partition coefficient (Wildman–Crippen LogP) is 5.16. The highest BCUT2D eigenvalue weighted by atomic mass is 14.7.